The topological polar surface area (TPSA) is 70.2 Å². The zero-order valence-electron chi connectivity index (χ0n) is 15.2. The Morgan fingerprint density at radius 2 is 2.22 bits per heavy atom. The molecule has 1 aromatic carbocycles. The number of furan rings is 1. The molecule has 1 aliphatic carbocycles. The average Bonchev–Trinajstić information content (AvgIpc) is 3.34. The third kappa shape index (κ3) is 3.51. The molecule has 0 N–H and O–H groups in total. The van der Waals surface area contributed by atoms with Crippen LogP contribution in [0.1, 0.15) is 47.6 Å². The summed E-state index contributed by atoms with van der Waals surface area (Å²) in [4.78, 5) is 12.3. The lowest BCUT2D eigenvalue weighted by Gasteiger charge is -2.07. The summed E-state index contributed by atoms with van der Waals surface area (Å²) in [6, 6.07) is 7.64. The number of hydrogen-bond donors (Lipinski definition) is 0. The Morgan fingerprint density at radius 3 is 2.96 bits per heavy atom. The van der Waals surface area contributed by atoms with Gasteiger partial charge in [0.15, 0.2) is 5.16 Å². The number of para-hydroxylation sites is 1. The Kier molecular flexibility index (Phi) is 5.03. The van der Waals surface area contributed by atoms with Crippen LogP contribution in [0.4, 0.5) is 0 Å². The van der Waals surface area contributed by atoms with E-state index in [4.69, 9.17) is 9.15 Å². The van der Waals surface area contributed by atoms with Crippen molar-refractivity contribution in [3.05, 3.63) is 54.1 Å². The van der Waals surface area contributed by atoms with Gasteiger partial charge >= 0.3 is 5.97 Å². The molecule has 0 unspecified atom stereocenters. The Balaban J connectivity index is 1.65. The van der Waals surface area contributed by atoms with Gasteiger partial charge in [0.05, 0.1) is 6.61 Å². The van der Waals surface area contributed by atoms with E-state index in [1.807, 2.05) is 30.3 Å². The van der Waals surface area contributed by atoms with Crippen LogP contribution in [-0.4, -0.2) is 27.3 Å². The number of allylic oxidation sites excluding steroid dienone is 1. The van der Waals surface area contributed by atoms with E-state index < -0.39 is 5.97 Å². The number of esters is 1. The number of hydrogen-bond acceptors (Lipinski definition) is 6. The number of carbonyl (C=O) groups excluding carboxylic acids is 1. The monoisotopic (exact) mass is 383 g/mol. The molecule has 0 radical (unpaired) electrons. The first-order valence-electron chi connectivity index (χ1n) is 9.07. The molecule has 1 aliphatic rings. The average molecular weight is 383 g/mol. The minimum atomic E-state index is -0.435. The number of ether oxygens (including phenoxy) is 1. The fraction of sp³-hybridized carbons (Fsp3) is 0.350. The molecule has 2 aromatic heterocycles. The van der Waals surface area contributed by atoms with Crippen molar-refractivity contribution in [2.24, 2.45) is 0 Å². The van der Waals surface area contributed by atoms with Gasteiger partial charge in [0.1, 0.15) is 11.4 Å². The van der Waals surface area contributed by atoms with E-state index in [2.05, 4.69) is 21.3 Å². The second kappa shape index (κ2) is 7.60. The van der Waals surface area contributed by atoms with Crippen LogP contribution in [0.25, 0.3) is 11.0 Å². The predicted molar refractivity (Wildman–Crippen MR) is 104 cm³/mol. The summed E-state index contributed by atoms with van der Waals surface area (Å²) in [6.45, 7) is 6.61. The van der Waals surface area contributed by atoms with E-state index in [9.17, 15) is 4.79 Å². The summed E-state index contributed by atoms with van der Waals surface area (Å²) in [5.41, 5.74) is 1.51. The van der Waals surface area contributed by atoms with Gasteiger partial charge in [-0.25, -0.2) is 4.79 Å². The molecule has 4 rings (SSSR count). The summed E-state index contributed by atoms with van der Waals surface area (Å²) >= 11 is 1.55. The van der Waals surface area contributed by atoms with E-state index in [-0.39, 0.29) is 5.76 Å². The SMILES string of the molecule is C=CCn1c(SCc2c(C(=O)OCC)oc3ccccc23)nnc1C1CC1. The second-order valence-electron chi connectivity index (χ2n) is 6.43. The molecule has 2 heterocycles. The van der Waals surface area contributed by atoms with Crippen LogP contribution in [0.5, 0.6) is 0 Å². The normalized spacial score (nSPS) is 13.8. The molecule has 0 spiro atoms. The fourth-order valence-corrected chi connectivity index (χ4v) is 4.07. The fourth-order valence-electron chi connectivity index (χ4n) is 3.09. The summed E-state index contributed by atoms with van der Waals surface area (Å²) in [6.07, 6.45) is 4.19. The lowest BCUT2D eigenvalue weighted by atomic mass is 10.1. The van der Waals surface area contributed by atoms with Crippen LogP contribution < -0.4 is 0 Å². The van der Waals surface area contributed by atoms with E-state index in [0.29, 0.717) is 30.4 Å². The van der Waals surface area contributed by atoms with Gasteiger partial charge in [0, 0.05) is 29.2 Å². The van der Waals surface area contributed by atoms with Crippen molar-refractivity contribution in [1.29, 1.82) is 0 Å². The lowest BCUT2D eigenvalue weighted by Crippen LogP contribution is -2.06. The first-order valence-corrected chi connectivity index (χ1v) is 10.1. The van der Waals surface area contributed by atoms with Crippen molar-refractivity contribution >= 4 is 28.7 Å². The van der Waals surface area contributed by atoms with Gasteiger partial charge in [-0.2, -0.15) is 0 Å². The predicted octanol–water partition coefficient (Wildman–Crippen LogP) is 4.56. The van der Waals surface area contributed by atoms with E-state index in [1.54, 1.807) is 18.7 Å². The van der Waals surface area contributed by atoms with Gasteiger partial charge in [0.25, 0.3) is 0 Å². The van der Waals surface area contributed by atoms with Crippen molar-refractivity contribution < 1.29 is 13.9 Å². The van der Waals surface area contributed by atoms with Crippen molar-refractivity contribution in [2.75, 3.05) is 6.61 Å². The summed E-state index contributed by atoms with van der Waals surface area (Å²) in [7, 11) is 0. The summed E-state index contributed by atoms with van der Waals surface area (Å²) in [5.74, 6) is 1.92. The highest BCUT2D eigenvalue weighted by Crippen LogP contribution is 2.40. The van der Waals surface area contributed by atoms with E-state index in [1.165, 1.54) is 12.8 Å². The third-order valence-corrected chi connectivity index (χ3v) is 5.50. The van der Waals surface area contributed by atoms with Crippen LogP contribution in [0.3, 0.4) is 0 Å². The van der Waals surface area contributed by atoms with E-state index in [0.717, 1.165) is 21.9 Å². The Hall–Kier alpha value is -2.54. The van der Waals surface area contributed by atoms with Crippen molar-refractivity contribution in [2.45, 2.75) is 43.1 Å². The molecule has 27 heavy (non-hydrogen) atoms. The largest absolute Gasteiger partial charge is 0.460 e. The molecule has 6 nitrogen and oxygen atoms in total. The van der Waals surface area contributed by atoms with Gasteiger partial charge in [-0.15, -0.1) is 16.8 Å². The number of benzene rings is 1. The van der Waals surface area contributed by atoms with Crippen LogP contribution in [0.2, 0.25) is 0 Å². The van der Waals surface area contributed by atoms with Crippen molar-refractivity contribution in [1.82, 2.24) is 14.8 Å². The van der Waals surface area contributed by atoms with Crippen molar-refractivity contribution in [3.63, 3.8) is 0 Å². The van der Waals surface area contributed by atoms with Gasteiger partial charge in [-0.1, -0.05) is 36.0 Å². The Bertz CT molecular complexity index is 988. The highest BCUT2D eigenvalue weighted by molar-refractivity contribution is 7.98. The zero-order valence-corrected chi connectivity index (χ0v) is 16.0. The molecular formula is C20H21N3O3S. The lowest BCUT2D eigenvalue weighted by molar-refractivity contribution is 0.0491. The first kappa shape index (κ1) is 17.9. The van der Waals surface area contributed by atoms with Crippen molar-refractivity contribution in [3.8, 4) is 0 Å². The van der Waals surface area contributed by atoms with Gasteiger partial charge < -0.3 is 13.7 Å². The number of rotatable bonds is 8. The smallest absolute Gasteiger partial charge is 0.374 e. The van der Waals surface area contributed by atoms with Gasteiger partial charge in [-0.05, 0) is 25.8 Å². The number of nitrogens with zero attached hydrogens (tertiary/aromatic N) is 3. The molecule has 0 amide bonds. The van der Waals surface area contributed by atoms with E-state index >= 15 is 0 Å². The van der Waals surface area contributed by atoms with Crippen LogP contribution in [0.15, 0.2) is 46.5 Å². The quantitative estimate of drug-likeness (QED) is 0.323. The molecule has 1 fully saturated rings. The molecule has 3 aromatic rings. The molecule has 1 saturated carbocycles. The summed E-state index contributed by atoms with van der Waals surface area (Å²) < 4.78 is 13.1. The Labute approximate surface area is 161 Å². The van der Waals surface area contributed by atoms with Gasteiger partial charge in [-0.3, -0.25) is 0 Å². The summed E-state index contributed by atoms with van der Waals surface area (Å²) in [5, 5.41) is 10.5. The van der Waals surface area contributed by atoms with Crippen LogP contribution in [0, 0.1) is 0 Å². The molecule has 0 bridgehead atoms. The maximum atomic E-state index is 12.3. The van der Waals surface area contributed by atoms with Crippen LogP contribution >= 0.6 is 11.8 Å². The molecule has 0 atom stereocenters. The third-order valence-electron chi connectivity index (χ3n) is 4.50. The number of thioether (sulfide) groups is 1. The highest BCUT2D eigenvalue weighted by atomic mass is 32.2. The molecule has 7 heteroatoms. The number of carbonyl (C=O) groups is 1. The Morgan fingerprint density at radius 1 is 1.41 bits per heavy atom. The standard InChI is InChI=1S/C20H21N3O3S/c1-3-11-23-18(13-9-10-13)21-22-20(23)27-12-15-14-7-5-6-8-16(14)26-17(15)19(24)25-4-2/h3,5-8,13H,1,4,9-12H2,2H3. The van der Waals surface area contributed by atoms with Gasteiger partial charge in [0.2, 0.25) is 5.76 Å². The molecule has 0 aliphatic heterocycles. The minimum absolute atomic E-state index is 0.266. The second-order valence-corrected chi connectivity index (χ2v) is 7.37. The molecule has 140 valence electrons. The highest BCUT2D eigenvalue weighted by Gasteiger charge is 2.30. The molecular weight excluding hydrogens is 362 g/mol. The van der Waals surface area contributed by atoms with Crippen LogP contribution in [-0.2, 0) is 17.0 Å². The molecule has 0 saturated heterocycles. The number of fused-ring (bicyclic) bond motifs is 1. The maximum Gasteiger partial charge on any atom is 0.374 e. The first-order chi connectivity index (χ1) is 13.2. The maximum absolute atomic E-state index is 12.3. The number of aromatic nitrogens is 3. The zero-order chi connectivity index (χ0) is 18.8. The minimum Gasteiger partial charge on any atom is -0.460 e.